The van der Waals surface area contributed by atoms with Crippen LogP contribution in [-0.2, 0) is 10.9 Å². The monoisotopic (exact) mass is 360 g/mol. The number of ether oxygens (including phenoxy) is 1. The molecule has 140 valence electrons. The number of carbonyl (C=O) groups is 1. The van der Waals surface area contributed by atoms with Crippen LogP contribution in [0.1, 0.15) is 46.2 Å². The number of amides is 1. The fourth-order valence-electron chi connectivity index (χ4n) is 2.75. The summed E-state index contributed by atoms with van der Waals surface area (Å²) in [6.07, 6.45) is -3.68. The SMILES string of the molecule is CC1CC(NC(=O)OC(C)(C)C)CCN1c1ccc(C(F)(F)F)nn1. The van der Waals surface area contributed by atoms with Crippen molar-refractivity contribution >= 4 is 11.9 Å². The van der Waals surface area contributed by atoms with Crippen LogP contribution in [0.3, 0.4) is 0 Å². The number of nitrogens with zero attached hydrogens (tertiary/aromatic N) is 3. The quantitative estimate of drug-likeness (QED) is 0.876. The Kier molecular flexibility index (Phi) is 5.43. The highest BCUT2D eigenvalue weighted by Gasteiger charge is 2.34. The minimum atomic E-state index is -4.50. The third-order valence-electron chi connectivity index (χ3n) is 3.83. The smallest absolute Gasteiger partial charge is 0.435 e. The number of aromatic nitrogens is 2. The van der Waals surface area contributed by atoms with E-state index < -0.39 is 23.6 Å². The van der Waals surface area contributed by atoms with Crippen molar-refractivity contribution in [1.82, 2.24) is 15.5 Å². The van der Waals surface area contributed by atoms with Gasteiger partial charge in [-0.15, -0.1) is 10.2 Å². The summed E-state index contributed by atoms with van der Waals surface area (Å²) in [4.78, 5) is 13.7. The molecule has 1 aliphatic heterocycles. The van der Waals surface area contributed by atoms with Gasteiger partial charge in [0.1, 0.15) is 5.60 Å². The highest BCUT2D eigenvalue weighted by molar-refractivity contribution is 5.68. The molecule has 25 heavy (non-hydrogen) atoms. The second-order valence-corrected chi connectivity index (χ2v) is 7.18. The van der Waals surface area contributed by atoms with Gasteiger partial charge in [0.15, 0.2) is 11.5 Å². The van der Waals surface area contributed by atoms with E-state index in [9.17, 15) is 18.0 Å². The van der Waals surface area contributed by atoms with Crippen LogP contribution in [0.5, 0.6) is 0 Å². The van der Waals surface area contributed by atoms with Gasteiger partial charge in [-0.05, 0) is 52.7 Å². The number of anilines is 1. The molecule has 1 fully saturated rings. The van der Waals surface area contributed by atoms with Crippen LogP contribution < -0.4 is 10.2 Å². The van der Waals surface area contributed by atoms with Crippen LogP contribution in [0.25, 0.3) is 0 Å². The number of alkyl halides is 3. The zero-order valence-corrected chi connectivity index (χ0v) is 14.7. The van der Waals surface area contributed by atoms with Crippen LogP contribution in [0, 0.1) is 0 Å². The summed E-state index contributed by atoms with van der Waals surface area (Å²) in [5, 5.41) is 9.79. The van der Waals surface area contributed by atoms with Crippen molar-refractivity contribution in [3.63, 3.8) is 0 Å². The first-order valence-electron chi connectivity index (χ1n) is 8.13. The first-order chi connectivity index (χ1) is 11.5. The Labute approximate surface area is 144 Å². The van der Waals surface area contributed by atoms with Gasteiger partial charge in [-0.2, -0.15) is 13.2 Å². The summed E-state index contributed by atoms with van der Waals surface area (Å²) in [7, 11) is 0. The normalized spacial score (nSPS) is 21.8. The molecule has 0 bridgehead atoms. The second kappa shape index (κ2) is 7.05. The minimum absolute atomic E-state index is 0.000256. The van der Waals surface area contributed by atoms with E-state index in [-0.39, 0.29) is 12.1 Å². The summed E-state index contributed by atoms with van der Waals surface area (Å²) < 4.78 is 42.9. The van der Waals surface area contributed by atoms with Gasteiger partial charge in [0.05, 0.1) is 0 Å². The molecule has 1 aromatic rings. The van der Waals surface area contributed by atoms with Crippen LogP contribution in [0.15, 0.2) is 12.1 Å². The summed E-state index contributed by atoms with van der Waals surface area (Å²) in [6.45, 7) is 7.87. The average molecular weight is 360 g/mol. The molecule has 1 aliphatic rings. The largest absolute Gasteiger partial charge is 0.444 e. The van der Waals surface area contributed by atoms with Gasteiger partial charge in [0.25, 0.3) is 0 Å². The number of alkyl carbamates (subject to hydrolysis) is 1. The molecule has 9 heteroatoms. The van der Waals surface area contributed by atoms with Gasteiger partial charge < -0.3 is 15.0 Å². The van der Waals surface area contributed by atoms with Crippen LogP contribution in [0.4, 0.5) is 23.8 Å². The van der Waals surface area contributed by atoms with Crippen molar-refractivity contribution in [3.8, 4) is 0 Å². The number of hydrogen-bond donors (Lipinski definition) is 1. The Balaban J connectivity index is 1.94. The maximum atomic E-state index is 12.6. The standard InChI is InChI=1S/C16H23F3N4O2/c1-10-9-11(20-14(24)25-15(2,3)4)7-8-23(10)13-6-5-12(21-22-13)16(17,18)19/h5-6,10-11H,7-9H2,1-4H3,(H,20,24). The Morgan fingerprint density at radius 3 is 2.44 bits per heavy atom. The van der Waals surface area contributed by atoms with Gasteiger partial charge in [0.2, 0.25) is 0 Å². The summed E-state index contributed by atoms with van der Waals surface area (Å²) in [5.41, 5.74) is -1.57. The third-order valence-corrected chi connectivity index (χ3v) is 3.83. The Morgan fingerprint density at radius 2 is 1.96 bits per heavy atom. The van der Waals surface area contributed by atoms with Crippen molar-refractivity contribution in [2.75, 3.05) is 11.4 Å². The molecule has 2 atom stereocenters. The van der Waals surface area contributed by atoms with Crippen molar-refractivity contribution in [1.29, 1.82) is 0 Å². The predicted molar refractivity (Wildman–Crippen MR) is 86.2 cm³/mol. The number of rotatable bonds is 2. The van der Waals surface area contributed by atoms with E-state index in [1.54, 1.807) is 20.8 Å². The van der Waals surface area contributed by atoms with Gasteiger partial charge in [-0.1, -0.05) is 0 Å². The lowest BCUT2D eigenvalue weighted by Gasteiger charge is -2.38. The van der Waals surface area contributed by atoms with Crippen molar-refractivity contribution in [3.05, 3.63) is 17.8 Å². The fraction of sp³-hybridized carbons (Fsp3) is 0.688. The Morgan fingerprint density at radius 1 is 1.28 bits per heavy atom. The lowest BCUT2D eigenvalue weighted by molar-refractivity contribution is -0.141. The van der Waals surface area contributed by atoms with Crippen molar-refractivity contribution in [2.45, 2.75) is 64.4 Å². The van der Waals surface area contributed by atoms with E-state index >= 15 is 0 Å². The Hall–Kier alpha value is -2.06. The molecule has 0 radical (unpaired) electrons. The molecule has 6 nitrogen and oxygen atoms in total. The zero-order valence-electron chi connectivity index (χ0n) is 14.7. The minimum Gasteiger partial charge on any atom is -0.444 e. The molecular weight excluding hydrogens is 337 g/mol. The van der Waals surface area contributed by atoms with Gasteiger partial charge in [-0.25, -0.2) is 4.79 Å². The zero-order chi connectivity index (χ0) is 18.8. The number of piperidine rings is 1. The molecule has 0 spiro atoms. The van der Waals surface area contributed by atoms with Crippen LogP contribution in [0.2, 0.25) is 0 Å². The molecule has 2 unspecified atom stereocenters. The summed E-state index contributed by atoms with van der Waals surface area (Å²) in [5.74, 6) is 0.399. The summed E-state index contributed by atoms with van der Waals surface area (Å²) in [6, 6.07) is 2.21. The van der Waals surface area contributed by atoms with E-state index in [0.717, 1.165) is 6.07 Å². The molecule has 0 saturated carbocycles. The highest BCUT2D eigenvalue weighted by atomic mass is 19.4. The molecular formula is C16H23F3N4O2. The third kappa shape index (κ3) is 5.47. The maximum Gasteiger partial charge on any atom is 0.435 e. The van der Waals surface area contributed by atoms with E-state index in [1.807, 2.05) is 11.8 Å². The lowest BCUT2D eigenvalue weighted by atomic mass is 9.98. The van der Waals surface area contributed by atoms with Crippen LogP contribution in [-0.4, -0.2) is 40.5 Å². The van der Waals surface area contributed by atoms with E-state index in [0.29, 0.717) is 25.2 Å². The molecule has 1 aromatic heterocycles. The first-order valence-corrected chi connectivity index (χ1v) is 8.13. The number of carbonyl (C=O) groups excluding carboxylic acids is 1. The molecule has 2 rings (SSSR count). The lowest BCUT2D eigenvalue weighted by Crippen LogP contribution is -2.50. The molecule has 1 N–H and O–H groups in total. The molecule has 1 amide bonds. The molecule has 0 aromatic carbocycles. The highest BCUT2D eigenvalue weighted by Crippen LogP contribution is 2.29. The number of hydrogen-bond acceptors (Lipinski definition) is 5. The maximum absolute atomic E-state index is 12.6. The van der Waals surface area contributed by atoms with Gasteiger partial charge in [0, 0.05) is 18.6 Å². The topological polar surface area (TPSA) is 67.3 Å². The number of nitrogens with one attached hydrogen (secondary N) is 1. The van der Waals surface area contributed by atoms with Gasteiger partial charge >= 0.3 is 12.3 Å². The molecule has 2 heterocycles. The van der Waals surface area contributed by atoms with Crippen LogP contribution >= 0.6 is 0 Å². The van der Waals surface area contributed by atoms with E-state index in [1.165, 1.54) is 6.07 Å². The molecule has 0 aliphatic carbocycles. The average Bonchev–Trinajstić information content (AvgIpc) is 2.44. The van der Waals surface area contributed by atoms with Crippen molar-refractivity contribution < 1.29 is 22.7 Å². The summed E-state index contributed by atoms with van der Waals surface area (Å²) >= 11 is 0. The van der Waals surface area contributed by atoms with Crippen molar-refractivity contribution in [2.24, 2.45) is 0 Å². The van der Waals surface area contributed by atoms with Gasteiger partial charge in [-0.3, -0.25) is 0 Å². The predicted octanol–water partition coefficient (Wildman–Crippen LogP) is 3.38. The number of halogens is 3. The fourth-order valence-corrected chi connectivity index (χ4v) is 2.75. The first kappa shape index (κ1) is 19.3. The second-order valence-electron chi connectivity index (χ2n) is 7.18. The van der Waals surface area contributed by atoms with E-state index in [2.05, 4.69) is 15.5 Å². The molecule has 1 saturated heterocycles. The van der Waals surface area contributed by atoms with E-state index in [4.69, 9.17) is 4.74 Å². The Bertz CT molecular complexity index is 599.